The van der Waals surface area contributed by atoms with Crippen molar-refractivity contribution >= 4 is 0 Å². The summed E-state index contributed by atoms with van der Waals surface area (Å²) in [6, 6.07) is 28.8. The van der Waals surface area contributed by atoms with Crippen LogP contribution in [0.5, 0.6) is 11.5 Å². The van der Waals surface area contributed by atoms with Crippen LogP contribution in [0.3, 0.4) is 0 Å². The zero-order valence-corrected chi connectivity index (χ0v) is 24.9. The lowest BCUT2D eigenvalue weighted by Gasteiger charge is -2.25. The van der Waals surface area contributed by atoms with E-state index in [2.05, 4.69) is 16.4 Å². The summed E-state index contributed by atoms with van der Waals surface area (Å²) >= 11 is 0. The summed E-state index contributed by atoms with van der Waals surface area (Å²) in [4.78, 5) is 7.28. The quantitative estimate of drug-likeness (QED) is 0.139. The molecule has 1 aliphatic heterocycles. The Bertz CT molecular complexity index is 1750. The normalized spacial score (nSPS) is 12.7. The average molecular weight is 616 g/mol. The number of alkyl halides is 3. The van der Waals surface area contributed by atoms with Crippen LogP contribution in [0.25, 0.3) is 22.6 Å². The number of fused-ring (bicyclic) bond motifs is 1. The van der Waals surface area contributed by atoms with E-state index in [-0.39, 0.29) is 13.3 Å². The molecule has 5 aromatic rings. The van der Waals surface area contributed by atoms with Crippen LogP contribution in [0.1, 0.15) is 42.1 Å². The topological polar surface area (TPSA) is 39.5 Å². The molecule has 2 heterocycles. The van der Waals surface area contributed by atoms with Gasteiger partial charge in [0.05, 0.1) is 17.0 Å². The van der Waals surface area contributed by atoms with Crippen molar-refractivity contribution in [3.63, 3.8) is 0 Å². The molecule has 0 bridgehead atoms. The molecule has 0 aliphatic carbocycles. The molecule has 232 valence electrons. The highest BCUT2D eigenvalue weighted by Gasteiger charge is 2.34. The number of hydrogen-bond acceptors (Lipinski definition) is 4. The summed E-state index contributed by atoms with van der Waals surface area (Å²) in [6.45, 7) is 4.06. The molecule has 0 atom stereocenters. The summed E-state index contributed by atoms with van der Waals surface area (Å²) < 4.78 is 68.0. The fraction of sp³-hybridized carbons (Fsp3) is 0.250. The molecule has 9 heteroatoms. The molecule has 6 rings (SSSR count). The van der Waals surface area contributed by atoms with Gasteiger partial charge < -0.3 is 14.0 Å². The molecule has 1 aliphatic rings. The van der Waals surface area contributed by atoms with Crippen molar-refractivity contribution in [1.82, 2.24) is 14.5 Å². The monoisotopic (exact) mass is 615 g/mol. The third kappa shape index (κ3) is 6.88. The van der Waals surface area contributed by atoms with Gasteiger partial charge in [-0.05, 0) is 41.8 Å². The first kappa shape index (κ1) is 30.4. The molecular weight excluding hydrogens is 582 g/mol. The average Bonchev–Trinajstić information content (AvgIpc) is 3.64. The minimum Gasteiger partial charge on any atom is -0.454 e. The van der Waals surface area contributed by atoms with Crippen molar-refractivity contribution in [2.45, 2.75) is 52.1 Å². The Morgan fingerprint density at radius 3 is 2.09 bits per heavy atom. The van der Waals surface area contributed by atoms with E-state index >= 15 is 0 Å². The number of ether oxygens (including phenoxy) is 2. The van der Waals surface area contributed by atoms with Gasteiger partial charge in [0.15, 0.2) is 11.5 Å². The molecular formula is C36H33F4N3O2. The Morgan fingerprint density at radius 1 is 0.778 bits per heavy atom. The maximum absolute atomic E-state index is 14.7. The fourth-order valence-corrected chi connectivity index (χ4v) is 5.66. The Morgan fingerprint density at radius 2 is 1.42 bits per heavy atom. The van der Waals surface area contributed by atoms with E-state index in [1.807, 2.05) is 78.9 Å². The number of imidazole rings is 1. The first-order chi connectivity index (χ1) is 21.8. The van der Waals surface area contributed by atoms with Crippen molar-refractivity contribution in [3.8, 4) is 34.1 Å². The standard InChI is InChI=1S/C36H33F4N3O2/c1-2-3-18-43-31(34(27-10-6-4-7-11-27)41-35(43)28-12-8-5-9-13-28)23-42(22-26-15-17-32-33(20-26)45-24-44-32)21-25-14-16-29(30(37)19-25)36(38,39)40/h4-17,19-20H,2-3,18,21-24H2,1H3. The molecule has 0 unspecified atom stereocenters. The number of rotatable bonds is 11. The van der Waals surface area contributed by atoms with E-state index in [0.29, 0.717) is 30.2 Å². The molecule has 0 saturated carbocycles. The number of halogens is 4. The van der Waals surface area contributed by atoms with Crippen LogP contribution in [0.4, 0.5) is 17.6 Å². The Balaban J connectivity index is 1.44. The highest BCUT2D eigenvalue weighted by molar-refractivity contribution is 5.68. The van der Waals surface area contributed by atoms with Crippen LogP contribution in [-0.2, 0) is 32.4 Å². The van der Waals surface area contributed by atoms with Gasteiger partial charge in [-0.25, -0.2) is 9.37 Å². The van der Waals surface area contributed by atoms with Crippen molar-refractivity contribution in [3.05, 3.63) is 125 Å². The Hall–Kier alpha value is -4.63. The summed E-state index contributed by atoms with van der Waals surface area (Å²) in [6.07, 6.45) is -2.85. The van der Waals surface area contributed by atoms with E-state index in [0.717, 1.165) is 65.4 Å². The largest absolute Gasteiger partial charge is 0.454 e. The molecule has 0 amide bonds. The predicted octanol–water partition coefficient (Wildman–Crippen LogP) is 9.11. The zero-order valence-electron chi connectivity index (χ0n) is 24.9. The third-order valence-corrected chi connectivity index (χ3v) is 7.85. The molecule has 1 aromatic heterocycles. The fourth-order valence-electron chi connectivity index (χ4n) is 5.66. The molecule has 45 heavy (non-hydrogen) atoms. The lowest BCUT2D eigenvalue weighted by Crippen LogP contribution is -2.25. The highest BCUT2D eigenvalue weighted by atomic mass is 19.4. The second-order valence-corrected chi connectivity index (χ2v) is 11.1. The van der Waals surface area contributed by atoms with Crippen LogP contribution in [0, 0.1) is 5.82 Å². The highest BCUT2D eigenvalue weighted by Crippen LogP contribution is 2.36. The van der Waals surface area contributed by atoms with Crippen molar-refractivity contribution < 1.29 is 27.0 Å². The minimum absolute atomic E-state index is 0.145. The number of unbranched alkanes of at least 4 members (excludes halogenated alkanes) is 1. The lowest BCUT2D eigenvalue weighted by molar-refractivity contribution is -0.140. The summed E-state index contributed by atoms with van der Waals surface area (Å²) in [5.41, 5.74) is 3.85. The summed E-state index contributed by atoms with van der Waals surface area (Å²) in [7, 11) is 0. The van der Waals surface area contributed by atoms with Crippen LogP contribution in [0.2, 0.25) is 0 Å². The van der Waals surface area contributed by atoms with Crippen LogP contribution >= 0.6 is 0 Å². The molecule has 5 nitrogen and oxygen atoms in total. The lowest BCUT2D eigenvalue weighted by atomic mass is 10.1. The van der Waals surface area contributed by atoms with Gasteiger partial charge in [0.2, 0.25) is 6.79 Å². The maximum Gasteiger partial charge on any atom is 0.419 e. The first-order valence-electron chi connectivity index (χ1n) is 15.0. The molecule has 0 N–H and O–H groups in total. The smallest absolute Gasteiger partial charge is 0.419 e. The first-order valence-corrected chi connectivity index (χ1v) is 15.0. The molecule has 4 aromatic carbocycles. The Kier molecular flexibility index (Phi) is 8.89. The van der Waals surface area contributed by atoms with Crippen molar-refractivity contribution in [1.29, 1.82) is 0 Å². The zero-order chi connectivity index (χ0) is 31.4. The number of benzene rings is 4. The van der Waals surface area contributed by atoms with E-state index in [1.54, 1.807) is 0 Å². The SMILES string of the molecule is CCCCn1c(-c2ccccc2)nc(-c2ccccc2)c1CN(Cc1ccc(C(F)(F)F)c(F)c1)Cc1ccc2c(c1)OCO2. The van der Waals surface area contributed by atoms with Gasteiger partial charge in [0.1, 0.15) is 11.6 Å². The van der Waals surface area contributed by atoms with E-state index < -0.39 is 17.6 Å². The second kappa shape index (κ2) is 13.2. The van der Waals surface area contributed by atoms with Crippen LogP contribution in [-0.4, -0.2) is 21.2 Å². The van der Waals surface area contributed by atoms with Crippen molar-refractivity contribution in [2.75, 3.05) is 6.79 Å². The van der Waals surface area contributed by atoms with Gasteiger partial charge >= 0.3 is 6.18 Å². The van der Waals surface area contributed by atoms with Gasteiger partial charge in [-0.3, -0.25) is 4.90 Å². The minimum atomic E-state index is -4.76. The van der Waals surface area contributed by atoms with E-state index in [1.165, 1.54) is 6.07 Å². The van der Waals surface area contributed by atoms with E-state index in [9.17, 15) is 17.6 Å². The Labute approximate surface area is 259 Å². The molecule has 0 radical (unpaired) electrons. The van der Waals surface area contributed by atoms with Crippen LogP contribution in [0.15, 0.2) is 97.1 Å². The summed E-state index contributed by atoms with van der Waals surface area (Å²) in [5.74, 6) is 0.859. The van der Waals surface area contributed by atoms with Gasteiger partial charge in [0, 0.05) is 37.3 Å². The van der Waals surface area contributed by atoms with Crippen molar-refractivity contribution in [2.24, 2.45) is 0 Å². The summed E-state index contributed by atoms with van der Waals surface area (Å²) in [5, 5.41) is 0. The maximum atomic E-state index is 14.7. The second-order valence-electron chi connectivity index (χ2n) is 11.1. The molecule has 0 spiro atoms. The third-order valence-electron chi connectivity index (χ3n) is 7.85. The van der Waals surface area contributed by atoms with Gasteiger partial charge in [-0.15, -0.1) is 0 Å². The number of hydrogen-bond donors (Lipinski definition) is 0. The van der Waals surface area contributed by atoms with Crippen LogP contribution < -0.4 is 9.47 Å². The van der Waals surface area contributed by atoms with Gasteiger partial charge in [-0.2, -0.15) is 13.2 Å². The van der Waals surface area contributed by atoms with E-state index in [4.69, 9.17) is 14.5 Å². The number of nitrogens with zero attached hydrogens (tertiary/aromatic N) is 3. The van der Waals surface area contributed by atoms with Gasteiger partial charge in [-0.1, -0.05) is 86.1 Å². The molecule has 0 saturated heterocycles. The van der Waals surface area contributed by atoms with Gasteiger partial charge in [0.25, 0.3) is 0 Å². The molecule has 0 fully saturated rings. The predicted molar refractivity (Wildman–Crippen MR) is 165 cm³/mol. The number of aromatic nitrogens is 2.